The van der Waals surface area contributed by atoms with Crippen LogP contribution in [-0.4, -0.2) is 22.2 Å². The maximum Gasteiger partial charge on any atom is 0.336 e. The summed E-state index contributed by atoms with van der Waals surface area (Å²) in [5.41, 5.74) is 0.190. The van der Waals surface area contributed by atoms with Gasteiger partial charge in [0.2, 0.25) is 0 Å². The highest BCUT2D eigenvalue weighted by Crippen LogP contribution is 2.42. The largest absolute Gasteiger partial charge is 0.478 e. The zero-order valence-corrected chi connectivity index (χ0v) is 9.81. The van der Waals surface area contributed by atoms with Crippen LogP contribution in [0.1, 0.15) is 24.5 Å². The highest BCUT2D eigenvalue weighted by atomic mass is 19.2. The maximum absolute atomic E-state index is 13.3. The molecule has 6 heteroatoms. The third-order valence-corrected chi connectivity index (χ3v) is 3.40. The maximum atomic E-state index is 13.3. The molecule has 0 amide bonds. The summed E-state index contributed by atoms with van der Waals surface area (Å²) in [4.78, 5) is 12.7. The van der Waals surface area contributed by atoms with Gasteiger partial charge < -0.3 is 15.1 Å². The Morgan fingerprint density at radius 2 is 1.89 bits per heavy atom. The molecule has 2 N–H and O–H groups in total. The topological polar surface area (TPSA) is 60.8 Å². The number of halogens is 2. The van der Waals surface area contributed by atoms with Gasteiger partial charge in [0.05, 0.1) is 11.3 Å². The van der Waals surface area contributed by atoms with Crippen LogP contribution in [0.5, 0.6) is 0 Å². The van der Waals surface area contributed by atoms with Crippen molar-refractivity contribution in [1.29, 1.82) is 0 Å². The number of rotatable bonds is 2. The van der Waals surface area contributed by atoms with Gasteiger partial charge in [0.1, 0.15) is 6.10 Å². The SMILES string of the molecule is O=C(O)C1=CN(C2CC2)c2cc(F)c(F)cc2C1O. The van der Waals surface area contributed by atoms with E-state index in [2.05, 4.69) is 0 Å². The van der Waals surface area contributed by atoms with E-state index in [9.17, 15) is 18.7 Å². The zero-order valence-electron chi connectivity index (χ0n) is 9.81. The number of nitrogens with zero attached hydrogens (tertiary/aromatic N) is 1. The Bertz CT molecular complexity index is 596. The standard InChI is InChI=1S/C13H11F2NO3/c14-9-3-7-11(4-10(9)15)16(6-1-2-6)5-8(12(7)17)13(18)19/h3-6,12,17H,1-2H2,(H,18,19). The van der Waals surface area contributed by atoms with Crippen LogP contribution in [0.3, 0.4) is 0 Å². The van der Waals surface area contributed by atoms with E-state index < -0.39 is 23.7 Å². The number of aliphatic carboxylic acids is 1. The lowest BCUT2D eigenvalue weighted by Crippen LogP contribution is -2.29. The minimum Gasteiger partial charge on any atom is -0.478 e. The molecule has 1 aromatic rings. The quantitative estimate of drug-likeness (QED) is 0.859. The number of aliphatic hydroxyl groups is 1. The number of aliphatic hydroxyl groups excluding tert-OH is 1. The minimum atomic E-state index is -1.45. The molecule has 1 atom stereocenters. The number of hydrogen-bond acceptors (Lipinski definition) is 3. The van der Waals surface area contributed by atoms with Crippen LogP contribution in [0, 0.1) is 11.6 Å². The van der Waals surface area contributed by atoms with E-state index in [1.807, 2.05) is 0 Å². The smallest absolute Gasteiger partial charge is 0.336 e. The molecule has 19 heavy (non-hydrogen) atoms. The van der Waals surface area contributed by atoms with Gasteiger partial charge in [0.15, 0.2) is 11.6 Å². The number of hydrogen-bond donors (Lipinski definition) is 2. The Morgan fingerprint density at radius 3 is 2.47 bits per heavy atom. The van der Waals surface area contributed by atoms with E-state index in [1.54, 1.807) is 4.90 Å². The third-order valence-electron chi connectivity index (χ3n) is 3.40. The van der Waals surface area contributed by atoms with Gasteiger partial charge in [-0.3, -0.25) is 0 Å². The lowest BCUT2D eigenvalue weighted by atomic mass is 9.96. The summed E-state index contributed by atoms with van der Waals surface area (Å²) in [6, 6.07) is 1.95. The Kier molecular flexibility index (Phi) is 2.56. The van der Waals surface area contributed by atoms with E-state index in [0.717, 1.165) is 25.0 Å². The second-order valence-corrected chi connectivity index (χ2v) is 4.76. The summed E-state index contributed by atoms with van der Waals surface area (Å²) in [7, 11) is 0. The van der Waals surface area contributed by atoms with Crippen molar-refractivity contribution < 1.29 is 23.8 Å². The average molecular weight is 267 g/mol. The van der Waals surface area contributed by atoms with Crippen LogP contribution in [0.4, 0.5) is 14.5 Å². The molecule has 1 aliphatic carbocycles. The molecule has 1 fully saturated rings. The van der Waals surface area contributed by atoms with Crippen LogP contribution < -0.4 is 4.90 Å². The fourth-order valence-corrected chi connectivity index (χ4v) is 2.28. The molecular weight excluding hydrogens is 256 g/mol. The van der Waals surface area contributed by atoms with Gasteiger partial charge in [-0.15, -0.1) is 0 Å². The van der Waals surface area contributed by atoms with E-state index in [-0.39, 0.29) is 17.2 Å². The Morgan fingerprint density at radius 1 is 1.26 bits per heavy atom. The van der Waals surface area contributed by atoms with Crippen LogP contribution in [0.2, 0.25) is 0 Å². The van der Waals surface area contributed by atoms with Gasteiger partial charge in [-0.05, 0) is 18.9 Å². The third kappa shape index (κ3) is 1.88. The number of fused-ring (bicyclic) bond motifs is 1. The van der Waals surface area contributed by atoms with Gasteiger partial charge in [-0.2, -0.15) is 0 Å². The molecule has 0 bridgehead atoms. The summed E-state index contributed by atoms with van der Waals surface area (Å²) in [5, 5.41) is 19.0. The molecule has 0 radical (unpaired) electrons. The number of carboxylic acid groups (broad SMARTS) is 1. The van der Waals surface area contributed by atoms with Crippen molar-refractivity contribution >= 4 is 11.7 Å². The molecule has 100 valence electrons. The van der Waals surface area contributed by atoms with E-state index in [4.69, 9.17) is 5.11 Å². The molecule has 2 aliphatic rings. The normalized spacial score (nSPS) is 21.9. The zero-order chi connectivity index (χ0) is 13.7. The van der Waals surface area contributed by atoms with Crippen LogP contribution in [0.25, 0.3) is 0 Å². The number of benzene rings is 1. The molecule has 1 saturated carbocycles. The predicted octanol–water partition coefficient (Wildman–Crippen LogP) is 1.95. The number of carbonyl (C=O) groups is 1. The van der Waals surface area contributed by atoms with Crippen molar-refractivity contribution in [3.63, 3.8) is 0 Å². The molecule has 3 rings (SSSR count). The van der Waals surface area contributed by atoms with Gasteiger partial charge in [-0.1, -0.05) is 0 Å². The van der Waals surface area contributed by atoms with Crippen molar-refractivity contribution in [1.82, 2.24) is 0 Å². The minimum absolute atomic E-state index is 0.0884. The Labute approximate surface area is 107 Å². The second-order valence-electron chi connectivity index (χ2n) is 4.76. The molecule has 0 saturated heterocycles. The molecule has 1 aliphatic heterocycles. The number of carboxylic acids is 1. The predicted molar refractivity (Wildman–Crippen MR) is 62.5 cm³/mol. The van der Waals surface area contributed by atoms with Crippen molar-refractivity contribution in [2.24, 2.45) is 0 Å². The lowest BCUT2D eigenvalue weighted by molar-refractivity contribution is -0.133. The second kappa shape index (κ2) is 4.03. The van der Waals surface area contributed by atoms with Crippen LogP contribution in [0.15, 0.2) is 23.9 Å². The first-order chi connectivity index (χ1) is 8.99. The first-order valence-electron chi connectivity index (χ1n) is 5.89. The van der Waals surface area contributed by atoms with Crippen LogP contribution in [-0.2, 0) is 4.79 Å². The molecular formula is C13H11F2NO3. The summed E-state index contributed by atoms with van der Waals surface area (Å²) in [6.07, 6.45) is 1.58. The molecule has 1 unspecified atom stereocenters. The Hall–Kier alpha value is -1.95. The molecule has 1 aromatic carbocycles. The fourth-order valence-electron chi connectivity index (χ4n) is 2.28. The first-order valence-corrected chi connectivity index (χ1v) is 5.89. The molecule has 0 aromatic heterocycles. The summed E-state index contributed by atoms with van der Waals surface area (Å²) >= 11 is 0. The lowest BCUT2D eigenvalue weighted by Gasteiger charge is -2.31. The summed E-state index contributed by atoms with van der Waals surface area (Å²) in [6.45, 7) is 0. The van der Waals surface area contributed by atoms with Gasteiger partial charge in [0.25, 0.3) is 0 Å². The monoisotopic (exact) mass is 267 g/mol. The summed E-state index contributed by atoms with van der Waals surface area (Å²) in [5.74, 6) is -3.38. The first kappa shape index (κ1) is 12.1. The average Bonchev–Trinajstić information content (AvgIpc) is 3.16. The van der Waals surface area contributed by atoms with E-state index in [1.165, 1.54) is 6.20 Å². The highest BCUT2D eigenvalue weighted by Gasteiger charge is 2.37. The highest BCUT2D eigenvalue weighted by molar-refractivity contribution is 5.90. The summed E-state index contributed by atoms with van der Waals surface area (Å²) < 4.78 is 26.6. The van der Waals surface area contributed by atoms with Gasteiger partial charge in [0, 0.05) is 23.9 Å². The molecule has 0 spiro atoms. The fraction of sp³-hybridized carbons (Fsp3) is 0.308. The van der Waals surface area contributed by atoms with E-state index in [0.29, 0.717) is 5.69 Å². The molecule has 1 heterocycles. The van der Waals surface area contributed by atoms with Crippen molar-refractivity contribution in [3.8, 4) is 0 Å². The number of anilines is 1. The van der Waals surface area contributed by atoms with Gasteiger partial charge in [-0.25, -0.2) is 13.6 Å². The van der Waals surface area contributed by atoms with E-state index >= 15 is 0 Å². The van der Waals surface area contributed by atoms with Gasteiger partial charge >= 0.3 is 5.97 Å². The van der Waals surface area contributed by atoms with Crippen molar-refractivity contribution in [2.45, 2.75) is 25.0 Å². The van der Waals surface area contributed by atoms with Crippen LogP contribution >= 0.6 is 0 Å². The molecule has 4 nitrogen and oxygen atoms in total. The van der Waals surface area contributed by atoms with Crippen molar-refractivity contribution in [3.05, 3.63) is 41.1 Å². The van der Waals surface area contributed by atoms with Crippen molar-refractivity contribution in [2.75, 3.05) is 4.90 Å². The Balaban J connectivity index is 2.16.